The van der Waals surface area contributed by atoms with E-state index >= 15 is 0 Å². The summed E-state index contributed by atoms with van der Waals surface area (Å²) in [5, 5.41) is 23.8. The number of hydrogen-bond acceptors (Lipinski definition) is 3. The second kappa shape index (κ2) is 5.45. The first-order valence-electron chi connectivity index (χ1n) is 7.12. The number of carbonyl (C=O) groups excluding carboxylic acids is 1. The van der Waals surface area contributed by atoms with Crippen molar-refractivity contribution in [1.82, 2.24) is 5.32 Å². The van der Waals surface area contributed by atoms with E-state index < -0.39 is 0 Å². The molecule has 2 unspecified atom stereocenters. The average molecular weight is 280 g/mol. The molecule has 0 bridgehead atoms. The van der Waals surface area contributed by atoms with E-state index in [1.165, 1.54) is 0 Å². The van der Waals surface area contributed by atoms with E-state index in [1.807, 2.05) is 24.3 Å². The fourth-order valence-electron chi connectivity index (χ4n) is 2.97. The van der Waals surface area contributed by atoms with Crippen molar-refractivity contribution in [2.75, 3.05) is 0 Å². The predicted molar refractivity (Wildman–Crippen MR) is 79.8 cm³/mol. The second-order valence-electron chi connectivity index (χ2n) is 5.43. The number of nitrogens with zero attached hydrogens (tertiary/aromatic N) is 1. The van der Waals surface area contributed by atoms with Gasteiger partial charge in [0.25, 0.3) is 5.91 Å². The number of phenols is 1. The molecule has 1 amide bonds. The second-order valence-corrected chi connectivity index (χ2v) is 5.43. The van der Waals surface area contributed by atoms with Gasteiger partial charge in [0.15, 0.2) is 0 Å². The van der Waals surface area contributed by atoms with Gasteiger partial charge in [-0.15, -0.1) is 0 Å². The van der Waals surface area contributed by atoms with Gasteiger partial charge in [-0.05, 0) is 30.7 Å². The summed E-state index contributed by atoms with van der Waals surface area (Å²) < 4.78 is 0. The summed E-state index contributed by atoms with van der Waals surface area (Å²) in [5.74, 6) is -0.445. The first kappa shape index (κ1) is 13.4. The Morgan fingerprint density at radius 1 is 1.24 bits per heavy atom. The number of aromatic hydroxyl groups is 1. The number of nitriles is 1. The highest BCUT2D eigenvalue weighted by molar-refractivity contribution is 6.03. The maximum Gasteiger partial charge on any atom is 0.255 e. The van der Waals surface area contributed by atoms with Gasteiger partial charge >= 0.3 is 0 Å². The molecular weight excluding hydrogens is 264 g/mol. The molecule has 4 heteroatoms. The van der Waals surface area contributed by atoms with E-state index in [9.17, 15) is 9.90 Å². The lowest BCUT2D eigenvalue weighted by Crippen LogP contribution is -2.36. The van der Waals surface area contributed by atoms with Crippen molar-refractivity contribution in [1.29, 1.82) is 5.26 Å². The zero-order chi connectivity index (χ0) is 14.8. The summed E-state index contributed by atoms with van der Waals surface area (Å²) >= 11 is 0. The van der Waals surface area contributed by atoms with Crippen molar-refractivity contribution in [2.45, 2.75) is 25.3 Å². The molecule has 2 N–H and O–H groups in total. The number of nitrogens with one attached hydrogen (secondary N) is 1. The highest BCUT2D eigenvalue weighted by atomic mass is 16.3. The van der Waals surface area contributed by atoms with E-state index in [1.54, 1.807) is 12.1 Å². The monoisotopic (exact) mass is 280 g/mol. The van der Waals surface area contributed by atoms with E-state index in [-0.39, 0.29) is 29.2 Å². The zero-order valence-electron chi connectivity index (χ0n) is 11.5. The Hall–Kier alpha value is -2.54. The highest BCUT2D eigenvalue weighted by Crippen LogP contribution is 2.30. The minimum atomic E-state index is -0.314. The Bertz CT molecular complexity index is 733. The molecule has 2 atom stereocenters. The van der Waals surface area contributed by atoms with Crippen LogP contribution in [0.25, 0.3) is 10.8 Å². The first-order valence-corrected chi connectivity index (χ1v) is 7.12. The topological polar surface area (TPSA) is 73.1 Å². The lowest BCUT2D eigenvalue weighted by atomic mass is 10.0. The van der Waals surface area contributed by atoms with Crippen molar-refractivity contribution in [3.63, 3.8) is 0 Å². The van der Waals surface area contributed by atoms with Gasteiger partial charge in [0.1, 0.15) is 5.75 Å². The van der Waals surface area contributed by atoms with Gasteiger partial charge in [0, 0.05) is 11.4 Å². The number of hydrogen-bond donors (Lipinski definition) is 2. The Balaban J connectivity index is 1.88. The van der Waals surface area contributed by atoms with Crippen LogP contribution in [0.2, 0.25) is 0 Å². The molecule has 2 aromatic rings. The predicted octanol–water partition coefficient (Wildman–Crippen LogP) is 2.97. The van der Waals surface area contributed by atoms with Crippen LogP contribution >= 0.6 is 0 Å². The van der Waals surface area contributed by atoms with Gasteiger partial charge < -0.3 is 10.4 Å². The molecule has 4 nitrogen and oxygen atoms in total. The summed E-state index contributed by atoms with van der Waals surface area (Å²) in [4.78, 5) is 12.3. The molecule has 0 aromatic heterocycles. The van der Waals surface area contributed by atoms with Crippen LogP contribution in [0.15, 0.2) is 36.4 Å². The smallest absolute Gasteiger partial charge is 0.255 e. The fourth-order valence-corrected chi connectivity index (χ4v) is 2.97. The van der Waals surface area contributed by atoms with Crippen LogP contribution in [0, 0.1) is 17.2 Å². The molecule has 2 aromatic carbocycles. The summed E-state index contributed by atoms with van der Waals surface area (Å²) in [6, 6.07) is 13.0. The molecule has 1 aliphatic carbocycles. The molecular formula is C17H16N2O2. The van der Waals surface area contributed by atoms with E-state index in [2.05, 4.69) is 11.4 Å². The number of fused-ring (bicyclic) bond motifs is 1. The molecule has 0 aliphatic heterocycles. The lowest BCUT2D eigenvalue weighted by Gasteiger charge is -2.16. The van der Waals surface area contributed by atoms with Crippen LogP contribution in [0.3, 0.4) is 0 Å². The number of amides is 1. The van der Waals surface area contributed by atoms with Crippen LogP contribution in [0.5, 0.6) is 5.75 Å². The van der Waals surface area contributed by atoms with E-state index in [4.69, 9.17) is 5.26 Å². The summed E-state index contributed by atoms with van der Waals surface area (Å²) in [6.45, 7) is 0. The summed E-state index contributed by atoms with van der Waals surface area (Å²) in [6.07, 6.45) is 2.59. The number of benzene rings is 2. The molecule has 0 heterocycles. The Labute approximate surface area is 123 Å². The number of phenolic OH excluding ortho intramolecular Hbond substituents is 1. The van der Waals surface area contributed by atoms with E-state index in [0.717, 1.165) is 24.6 Å². The third-order valence-corrected chi connectivity index (χ3v) is 4.14. The normalized spacial score (nSPS) is 21.1. The molecule has 0 spiro atoms. The third-order valence-electron chi connectivity index (χ3n) is 4.14. The maximum atomic E-state index is 12.3. The molecule has 0 saturated heterocycles. The third kappa shape index (κ3) is 2.43. The summed E-state index contributed by atoms with van der Waals surface area (Å²) in [7, 11) is 0. The quantitative estimate of drug-likeness (QED) is 0.888. The Morgan fingerprint density at radius 3 is 2.86 bits per heavy atom. The van der Waals surface area contributed by atoms with Gasteiger partial charge in [0.05, 0.1) is 17.6 Å². The van der Waals surface area contributed by atoms with Crippen molar-refractivity contribution in [2.24, 2.45) is 5.92 Å². The molecule has 1 saturated carbocycles. The summed E-state index contributed by atoms with van der Waals surface area (Å²) in [5.41, 5.74) is 0.261. The lowest BCUT2D eigenvalue weighted by molar-refractivity contribution is 0.0930. The molecule has 1 fully saturated rings. The van der Waals surface area contributed by atoms with Crippen molar-refractivity contribution in [3.05, 3.63) is 42.0 Å². The maximum absolute atomic E-state index is 12.3. The van der Waals surface area contributed by atoms with Crippen molar-refractivity contribution < 1.29 is 9.90 Å². The minimum absolute atomic E-state index is 0.00268. The van der Waals surface area contributed by atoms with Crippen LogP contribution in [0.4, 0.5) is 0 Å². The van der Waals surface area contributed by atoms with Crippen LogP contribution in [-0.4, -0.2) is 17.1 Å². The van der Waals surface area contributed by atoms with Crippen LogP contribution < -0.4 is 5.32 Å². The SMILES string of the molecule is N#CC1CCCC1NC(=O)c1ccc2ccccc2c1O. The molecule has 21 heavy (non-hydrogen) atoms. The minimum Gasteiger partial charge on any atom is -0.506 e. The largest absolute Gasteiger partial charge is 0.506 e. The van der Waals surface area contributed by atoms with E-state index in [0.29, 0.717) is 5.39 Å². The van der Waals surface area contributed by atoms with Gasteiger partial charge in [0.2, 0.25) is 0 Å². The van der Waals surface area contributed by atoms with Crippen molar-refractivity contribution in [3.8, 4) is 11.8 Å². The first-order chi connectivity index (χ1) is 10.2. The Morgan fingerprint density at radius 2 is 2.05 bits per heavy atom. The highest BCUT2D eigenvalue weighted by Gasteiger charge is 2.29. The van der Waals surface area contributed by atoms with Gasteiger partial charge in [-0.3, -0.25) is 4.79 Å². The molecule has 1 aliphatic rings. The zero-order valence-corrected chi connectivity index (χ0v) is 11.5. The van der Waals surface area contributed by atoms with Gasteiger partial charge in [-0.2, -0.15) is 5.26 Å². The van der Waals surface area contributed by atoms with Crippen LogP contribution in [0.1, 0.15) is 29.6 Å². The van der Waals surface area contributed by atoms with Gasteiger partial charge in [-0.1, -0.05) is 30.3 Å². The molecule has 0 radical (unpaired) electrons. The van der Waals surface area contributed by atoms with Crippen LogP contribution in [-0.2, 0) is 0 Å². The molecule has 3 rings (SSSR count). The van der Waals surface area contributed by atoms with Crippen molar-refractivity contribution >= 4 is 16.7 Å². The number of carbonyl (C=O) groups is 1. The van der Waals surface area contributed by atoms with Gasteiger partial charge in [-0.25, -0.2) is 0 Å². The standard InChI is InChI=1S/C17H16N2O2/c18-10-12-5-3-7-15(12)19-17(21)14-9-8-11-4-1-2-6-13(11)16(14)20/h1-2,4,6,8-9,12,15,20H,3,5,7H2,(H,19,21). The molecule has 106 valence electrons. The fraction of sp³-hybridized carbons (Fsp3) is 0.294. The number of rotatable bonds is 2. The average Bonchev–Trinajstić information content (AvgIpc) is 2.95. The Kier molecular flexibility index (Phi) is 3.49.